The van der Waals surface area contributed by atoms with Crippen LogP contribution in [0.2, 0.25) is 0 Å². The molecule has 1 N–H and O–H groups in total. The van der Waals surface area contributed by atoms with E-state index in [4.69, 9.17) is 9.47 Å². The monoisotopic (exact) mass is 372 g/mol. The standard InChI is InChI=1S/C19H20N2O6/c1-12(2)14-6-4-5-7-16(14)20-18(22)11-27-19(23)15-10-13(21(24)25)8-9-17(15)26-3/h4-10,12H,11H2,1-3H3,(H,20,22). The molecule has 2 aromatic carbocycles. The van der Waals surface area contributed by atoms with E-state index in [1.165, 1.54) is 19.2 Å². The van der Waals surface area contributed by atoms with Gasteiger partial charge in [0.05, 0.1) is 12.0 Å². The van der Waals surface area contributed by atoms with Gasteiger partial charge in [0.15, 0.2) is 6.61 Å². The van der Waals surface area contributed by atoms with Crippen molar-refractivity contribution in [2.75, 3.05) is 19.0 Å². The molecule has 2 aromatic rings. The zero-order chi connectivity index (χ0) is 20.0. The Kier molecular flexibility index (Phi) is 6.48. The quantitative estimate of drug-likeness (QED) is 0.453. The van der Waals surface area contributed by atoms with E-state index in [9.17, 15) is 19.7 Å². The van der Waals surface area contributed by atoms with Crippen LogP contribution >= 0.6 is 0 Å². The van der Waals surface area contributed by atoms with Gasteiger partial charge in [0.2, 0.25) is 0 Å². The molecule has 142 valence electrons. The summed E-state index contributed by atoms with van der Waals surface area (Å²) in [5.74, 6) is -1.07. The SMILES string of the molecule is COc1ccc([N+](=O)[O-])cc1C(=O)OCC(=O)Nc1ccccc1C(C)C. The van der Waals surface area contributed by atoms with Crippen molar-refractivity contribution in [2.45, 2.75) is 19.8 Å². The number of anilines is 1. The van der Waals surface area contributed by atoms with Gasteiger partial charge in [-0.1, -0.05) is 32.0 Å². The molecule has 0 aromatic heterocycles. The number of nitrogens with one attached hydrogen (secondary N) is 1. The number of esters is 1. The average molecular weight is 372 g/mol. The molecule has 0 saturated heterocycles. The van der Waals surface area contributed by atoms with Crippen molar-refractivity contribution >= 4 is 23.3 Å². The minimum Gasteiger partial charge on any atom is -0.496 e. The van der Waals surface area contributed by atoms with E-state index < -0.39 is 23.4 Å². The van der Waals surface area contributed by atoms with Gasteiger partial charge in [0.1, 0.15) is 11.3 Å². The van der Waals surface area contributed by atoms with Crippen molar-refractivity contribution in [1.29, 1.82) is 0 Å². The summed E-state index contributed by atoms with van der Waals surface area (Å²) in [6.45, 7) is 3.47. The minimum atomic E-state index is -0.886. The average Bonchev–Trinajstić information content (AvgIpc) is 2.65. The number of hydrogen-bond acceptors (Lipinski definition) is 6. The molecule has 8 nitrogen and oxygen atoms in total. The summed E-state index contributed by atoms with van der Waals surface area (Å²) in [5, 5.41) is 13.6. The summed E-state index contributed by atoms with van der Waals surface area (Å²) in [4.78, 5) is 34.6. The lowest BCUT2D eigenvalue weighted by molar-refractivity contribution is -0.384. The van der Waals surface area contributed by atoms with Crippen molar-refractivity contribution in [1.82, 2.24) is 0 Å². The van der Waals surface area contributed by atoms with Crippen molar-refractivity contribution in [3.63, 3.8) is 0 Å². The lowest BCUT2D eigenvalue weighted by atomic mass is 10.0. The summed E-state index contributed by atoms with van der Waals surface area (Å²) in [6.07, 6.45) is 0. The van der Waals surface area contributed by atoms with Gasteiger partial charge in [-0.15, -0.1) is 0 Å². The molecule has 0 bridgehead atoms. The van der Waals surface area contributed by atoms with Gasteiger partial charge >= 0.3 is 5.97 Å². The number of nitrogens with zero attached hydrogens (tertiary/aromatic N) is 1. The Morgan fingerprint density at radius 3 is 2.52 bits per heavy atom. The first-order valence-corrected chi connectivity index (χ1v) is 8.21. The highest BCUT2D eigenvalue weighted by Gasteiger charge is 2.20. The molecule has 0 fully saturated rings. The zero-order valence-electron chi connectivity index (χ0n) is 15.2. The number of ether oxygens (including phenoxy) is 2. The first-order valence-electron chi connectivity index (χ1n) is 8.21. The van der Waals surface area contributed by atoms with Gasteiger partial charge in [-0.05, 0) is 23.6 Å². The smallest absolute Gasteiger partial charge is 0.342 e. The maximum Gasteiger partial charge on any atom is 0.342 e. The normalized spacial score (nSPS) is 10.4. The van der Waals surface area contributed by atoms with Gasteiger partial charge in [-0.25, -0.2) is 4.79 Å². The molecule has 0 heterocycles. The lowest BCUT2D eigenvalue weighted by Crippen LogP contribution is -2.22. The summed E-state index contributed by atoms with van der Waals surface area (Å²) < 4.78 is 10.0. The van der Waals surface area contributed by atoms with Crippen molar-refractivity contribution in [3.05, 3.63) is 63.7 Å². The molecule has 27 heavy (non-hydrogen) atoms. The van der Waals surface area contributed by atoms with Crippen molar-refractivity contribution in [2.24, 2.45) is 0 Å². The molecule has 0 aliphatic rings. The fraction of sp³-hybridized carbons (Fsp3) is 0.263. The molecule has 0 saturated carbocycles. The van der Waals surface area contributed by atoms with Crippen LogP contribution in [0.3, 0.4) is 0 Å². The Balaban J connectivity index is 2.06. The molecule has 8 heteroatoms. The van der Waals surface area contributed by atoms with E-state index in [-0.39, 0.29) is 22.9 Å². The highest BCUT2D eigenvalue weighted by atomic mass is 16.6. The molecular formula is C19H20N2O6. The maximum absolute atomic E-state index is 12.2. The third-order valence-electron chi connectivity index (χ3n) is 3.81. The Morgan fingerprint density at radius 2 is 1.89 bits per heavy atom. The second-order valence-corrected chi connectivity index (χ2v) is 6.01. The van der Waals surface area contributed by atoms with Crippen LogP contribution in [0.15, 0.2) is 42.5 Å². The van der Waals surface area contributed by atoms with Crippen LogP contribution in [0, 0.1) is 10.1 Å². The van der Waals surface area contributed by atoms with E-state index in [0.29, 0.717) is 5.69 Å². The van der Waals surface area contributed by atoms with E-state index in [1.807, 2.05) is 26.0 Å². The number of nitro groups is 1. The van der Waals surface area contributed by atoms with Crippen LogP contribution in [0.5, 0.6) is 5.75 Å². The van der Waals surface area contributed by atoms with Gasteiger partial charge in [-0.3, -0.25) is 14.9 Å². The molecule has 0 aliphatic heterocycles. The fourth-order valence-electron chi connectivity index (χ4n) is 2.48. The summed E-state index contributed by atoms with van der Waals surface area (Å²) >= 11 is 0. The number of amides is 1. The number of rotatable bonds is 7. The van der Waals surface area contributed by atoms with Crippen LogP contribution in [-0.4, -0.2) is 30.5 Å². The molecule has 0 unspecified atom stereocenters. The van der Waals surface area contributed by atoms with Crippen LogP contribution in [-0.2, 0) is 9.53 Å². The van der Waals surface area contributed by atoms with Crippen molar-refractivity contribution in [3.8, 4) is 5.75 Å². The van der Waals surface area contributed by atoms with Crippen LogP contribution < -0.4 is 10.1 Å². The first-order chi connectivity index (χ1) is 12.8. The highest BCUT2D eigenvalue weighted by molar-refractivity contribution is 5.97. The molecule has 0 atom stereocenters. The molecule has 1 amide bonds. The number of carbonyl (C=O) groups excluding carboxylic acids is 2. The summed E-state index contributed by atoms with van der Waals surface area (Å²) in [7, 11) is 1.33. The number of para-hydroxylation sites is 1. The maximum atomic E-state index is 12.2. The zero-order valence-corrected chi connectivity index (χ0v) is 15.2. The molecule has 0 aliphatic carbocycles. The minimum absolute atomic E-state index is 0.121. The van der Waals surface area contributed by atoms with Crippen molar-refractivity contribution < 1.29 is 24.0 Å². The third kappa shape index (κ3) is 5.04. The number of carbonyl (C=O) groups is 2. The van der Waals surface area contributed by atoms with E-state index in [2.05, 4.69) is 5.32 Å². The third-order valence-corrected chi connectivity index (χ3v) is 3.81. The van der Waals surface area contributed by atoms with E-state index >= 15 is 0 Å². The number of non-ortho nitro benzene ring substituents is 1. The van der Waals surface area contributed by atoms with E-state index in [1.54, 1.807) is 12.1 Å². The number of hydrogen-bond donors (Lipinski definition) is 1. The molecular weight excluding hydrogens is 352 g/mol. The Bertz CT molecular complexity index is 863. The lowest BCUT2D eigenvalue weighted by Gasteiger charge is -2.14. The van der Waals surface area contributed by atoms with E-state index in [0.717, 1.165) is 11.6 Å². The predicted octanol–water partition coefficient (Wildman–Crippen LogP) is 3.52. The summed E-state index contributed by atoms with van der Waals surface area (Å²) in [6, 6.07) is 10.9. The molecule has 0 spiro atoms. The second-order valence-electron chi connectivity index (χ2n) is 6.01. The largest absolute Gasteiger partial charge is 0.496 e. The Hall–Kier alpha value is -3.42. The van der Waals surface area contributed by atoms with Crippen LogP contribution in [0.25, 0.3) is 0 Å². The van der Waals surface area contributed by atoms with Gasteiger partial charge < -0.3 is 14.8 Å². The Morgan fingerprint density at radius 1 is 1.19 bits per heavy atom. The predicted molar refractivity (Wildman–Crippen MR) is 99.1 cm³/mol. The van der Waals surface area contributed by atoms with Crippen LogP contribution in [0.4, 0.5) is 11.4 Å². The fourth-order valence-corrected chi connectivity index (χ4v) is 2.48. The van der Waals surface area contributed by atoms with Gasteiger partial charge in [0, 0.05) is 17.8 Å². The molecule has 0 radical (unpaired) electrons. The number of methoxy groups -OCH3 is 1. The highest BCUT2D eigenvalue weighted by Crippen LogP contribution is 2.25. The first kappa shape index (κ1) is 19.9. The number of nitro benzene ring substituents is 1. The van der Waals surface area contributed by atoms with Gasteiger partial charge in [-0.2, -0.15) is 0 Å². The van der Waals surface area contributed by atoms with Crippen LogP contribution in [0.1, 0.15) is 35.7 Å². The summed E-state index contributed by atoms with van der Waals surface area (Å²) in [5.41, 5.74) is 1.19. The van der Waals surface area contributed by atoms with Gasteiger partial charge in [0.25, 0.3) is 11.6 Å². The second kappa shape index (κ2) is 8.79. The number of benzene rings is 2. The molecule has 2 rings (SSSR count). The Labute approximate surface area is 156 Å². The topological polar surface area (TPSA) is 108 Å².